The van der Waals surface area contributed by atoms with Gasteiger partial charge in [-0.15, -0.1) is 0 Å². The highest BCUT2D eigenvalue weighted by atomic mass is 35.5. The smallest absolute Gasteiger partial charge is 0.228 e. The van der Waals surface area contributed by atoms with E-state index >= 15 is 0 Å². The summed E-state index contributed by atoms with van der Waals surface area (Å²) in [5.74, 6) is 0.887. The Kier molecular flexibility index (Phi) is 11.6. The molecule has 0 spiro atoms. The summed E-state index contributed by atoms with van der Waals surface area (Å²) >= 11 is 5.71. The lowest BCUT2D eigenvalue weighted by Gasteiger charge is -2.28. The van der Waals surface area contributed by atoms with E-state index < -0.39 is 0 Å². The summed E-state index contributed by atoms with van der Waals surface area (Å²) in [6.45, 7) is 16.3. The summed E-state index contributed by atoms with van der Waals surface area (Å²) in [6.07, 6.45) is 3.01. The van der Waals surface area contributed by atoms with Crippen molar-refractivity contribution in [3.05, 3.63) is 69.5 Å². The number of rotatable bonds is 3. The van der Waals surface area contributed by atoms with Gasteiger partial charge in [0.1, 0.15) is 11.9 Å². The van der Waals surface area contributed by atoms with Gasteiger partial charge in [-0.25, -0.2) is 4.39 Å². The molecule has 0 saturated carbocycles. The van der Waals surface area contributed by atoms with Crippen molar-refractivity contribution in [2.24, 2.45) is 11.3 Å². The topological polar surface area (TPSA) is 44.1 Å². The van der Waals surface area contributed by atoms with Crippen LogP contribution in [0.3, 0.4) is 0 Å². The molecule has 0 N–H and O–H groups in total. The minimum atomic E-state index is -0.163. The molecule has 1 aliphatic heterocycles. The molecule has 1 amide bonds. The molecular formula is C28H38ClFN2O. The second kappa shape index (κ2) is 13.4. The van der Waals surface area contributed by atoms with E-state index in [9.17, 15) is 9.18 Å². The zero-order valence-corrected chi connectivity index (χ0v) is 21.9. The Morgan fingerprint density at radius 3 is 2.33 bits per heavy atom. The van der Waals surface area contributed by atoms with Crippen LogP contribution in [0.15, 0.2) is 36.4 Å². The number of likely N-dealkylation sites (tertiary alicyclic amines) is 1. The normalized spacial score (nSPS) is 15.0. The Morgan fingerprint density at radius 1 is 1.21 bits per heavy atom. The van der Waals surface area contributed by atoms with E-state index in [1.165, 1.54) is 18.1 Å². The van der Waals surface area contributed by atoms with Crippen molar-refractivity contribution >= 4 is 17.5 Å². The first kappa shape index (κ1) is 28.7. The Morgan fingerprint density at radius 2 is 1.88 bits per heavy atom. The summed E-state index contributed by atoms with van der Waals surface area (Å²) in [4.78, 5) is 14.0. The zero-order chi connectivity index (χ0) is 25.2. The first-order valence-electron chi connectivity index (χ1n) is 11.7. The van der Waals surface area contributed by atoms with E-state index in [1.807, 2.05) is 57.7 Å². The van der Waals surface area contributed by atoms with Crippen LogP contribution in [0, 0.1) is 42.3 Å². The lowest BCUT2D eigenvalue weighted by molar-refractivity contribution is -0.139. The van der Waals surface area contributed by atoms with Crippen LogP contribution in [0.2, 0.25) is 5.02 Å². The Balaban J connectivity index is 0.000000251. The molecule has 0 bridgehead atoms. The highest BCUT2D eigenvalue weighted by molar-refractivity contribution is 6.31. The van der Waals surface area contributed by atoms with Crippen molar-refractivity contribution in [3.8, 4) is 6.07 Å². The van der Waals surface area contributed by atoms with E-state index in [-0.39, 0.29) is 11.2 Å². The number of aryl methyl sites for hydroxylation is 3. The molecular weight excluding hydrogens is 435 g/mol. The molecule has 5 heteroatoms. The number of hydrogen-bond acceptors (Lipinski definition) is 2. The predicted octanol–water partition coefficient (Wildman–Crippen LogP) is 7.51. The second-order valence-electron chi connectivity index (χ2n) is 9.40. The molecule has 0 aromatic heterocycles. The molecule has 0 radical (unpaired) electrons. The van der Waals surface area contributed by atoms with Gasteiger partial charge in [-0.05, 0) is 80.0 Å². The first-order chi connectivity index (χ1) is 15.4. The van der Waals surface area contributed by atoms with Crippen LogP contribution < -0.4 is 0 Å². The van der Waals surface area contributed by atoms with Gasteiger partial charge in [-0.3, -0.25) is 4.79 Å². The maximum absolute atomic E-state index is 12.5. The van der Waals surface area contributed by atoms with Gasteiger partial charge in [-0.2, -0.15) is 5.26 Å². The Hall–Kier alpha value is -2.38. The molecule has 1 unspecified atom stereocenters. The predicted molar refractivity (Wildman–Crippen MR) is 136 cm³/mol. The van der Waals surface area contributed by atoms with Gasteiger partial charge in [0, 0.05) is 18.5 Å². The summed E-state index contributed by atoms with van der Waals surface area (Å²) in [7, 11) is 0. The van der Waals surface area contributed by atoms with Crippen molar-refractivity contribution < 1.29 is 9.18 Å². The van der Waals surface area contributed by atoms with Crippen LogP contribution in [0.5, 0.6) is 0 Å². The lowest BCUT2D eigenvalue weighted by atomic mass is 9.88. The lowest BCUT2D eigenvalue weighted by Crippen LogP contribution is -2.39. The average Bonchev–Trinajstić information content (AvgIpc) is 3.22. The molecule has 1 atom stereocenters. The third kappa shape index (κ3) is 9.18. The molecule has 1 aliphatic rings. The van der Waals surface area contributed by atoms with Crippen molar-refractivity contribution in [2.75, 3.05) is 13.1 Å². The maximum Gasteiger partial charge on any atom is 0.228 e. The fourth-order valence-corrected chi connectivity index (χ4v) is 3.71. The largest absolute Gasteiger partial charge is 0.342 e. The average molecular weight is 473 g/mol. The van der Waals surface area contributed by atoms with Gasteiger partial charge in [0.05, 0.1) is 10.6 Å². The van der Waals surface area contributed by atoms with Crippen LogP contribution in [-0.4, -0.2) is 23.9 Å². The summed E-state index contributed by atoms with van der Waals surface area (Å²) in [6, 6.07) is 12.3. The molecule has 1 saturated heterocycles. The summed E-state index contributed by atoms with van der Waals surface area (Å²) in [5, 5.41) is 9.00. The number of hydrogen-bond donors (Lipinski definition) is 0. The highest BCUT2D eigenvalue weighted by Crippen LogP contribution is 2.26. The molecule has 0 aliphatic carbocycles. The van der Waals surface area contributed by atoms with Crippen LogP contribution in [-0.2, 0) is 11.2 Å². The molecule has 180 valence electrons. The van der Waals surface area contributed by atoms with Gasteiger partial charge in [0.15, 0.2) is 0 Å². The van der Waals surface area contributed by atoms with E-state index in [0.29, 0.717) is 22.4 Å². The number of nitriles is 1. The summed E-state index contributed by atoms with van der Waals surface area (Å²) < 4.78 is 12.5. The van der Waals surface area contributed by atoms with Gasteiger partial charge in [0.25, 0.3) is 0 Å². The highest BCUT2D eigenvalue weighted by Gasteiger charge is 2.33. The number of benzene rings is 2. The van der Waals surface area contributed by atoms with Crippen LogP contribution in [0.4, 0.5) is 4.39 Å². The third-order valence-electron chi connectivity index (χ3n) is 6.11. The van der Waals surface area contributed by atoms with Gasteiger partial charge in [-0.1, -0.05) is 58.4 Å². The van der Waals surface area contributed by atoms with Crippen molar-refractivity contribution in [3.63, 3.8) is 0 Å². The molecule has 1 fully saturated rings. The molecule has 1 heterocycles. The minimum absolute atomic E-state index is 0.137. The van der Waals surface area contributed by atoms with Crippen LogP contribution >= 0.6 is 11.6 Å². The number of nitrogens with zero attached hydrogens (tertiary/aromatic N) is 2. The van der Waals surface area contributed by atoms with Crippen molar-refractivity contribution in [1.29, 1.82) is 5.26 Å². The first-order valence-corrected chi connectivity index (χ1v) is 12.0. The molecule has 3 rings (SSSR count). The van der Waals surface area contributed by atoms with Crippen LogP contribution in [0.1, 0.15) is 69.7 Å². The molecule has 3 nitrogen and oxygen atoms in total. The number of halogens is 2. The van der Waals surface area contributed by atoms with E-state index in [0.717, 1.165) is 37.1 Å². The van der Waals surface area contributed by atoms with Crippen molar-refractivity contribution in [2.45, 2.75) is 67.7 Å². The maximum atomic E-state index is 12.5. The monoisotopic (exact) mass is 472 g/mol. The fraction of sp³-hybridized carbons (Fsp3) is 0.500. The van der Waals surface area contributed by atoms with E-state index in [1.54, 1.807) is 18.2 Å². The van der Waals surface area contributed by atoms with Crippen LogP contribution in [0.25, 0.3) is 0 Å². The third-order valence-corrected chi connectivity index (χ3v) is 6.42. The van der Waals surface area contributed by atoms with Crippen molar-refractivity contribution in [1.82, 2.24) is 4.90 Å². The fourth-order valence-electron chi connectivity index (χ4n) is 3.43. The van der Waals surface area contributed by atoms with Gasteiger partial charge >= 0.3 is 0 Å². The quantitative estimate of drug-likeness (QED) is 0.463. The van der Waals surface area contributed by atoms with Gasteiger partial charge < -0.3 is 4.90 Å². The Bertz CT molecular complexity index is 956. The molecule has 2 aromatic rings. The number of carbonyl (C=O) groups excluding carboxylic acids is 1. The molecule has 33 heavy (non-hydrogen) atoms. The van der Waals surface area contributed by atoms with E-state index in [4.69, 9.17) is 16.9 Å². The van der Waals surface area contributed by atoms with E-state index in [2.05, 4.69) is 13.8 Å². The summed E-state index contributed by atoms with van der Waals surface area (Å²) in [5.41, 5.74) is 3.71. The van der Waals surface area contributed by atoms with Gasteiger partial charge in [0.2, 0.25) is 5.91 Å². The zero-order valence-electron chi connectivity index (χ0n) is 21.1. The number of carbonyl (C=O) groups is 1. The molecule has 2 aromatic carbocycles. The SMILES string of the molecule is CCC(C)(C)C(=O)N1CCC(C)C1.CCc1cc(F)ccc1C.Cc1ccc(C#N)c(Cl)c1. The second-order valence-corrected chi connectivity index (χ2v) is 9.81. The minimum Gasteiger partial charge on any atom is -0.342 e. The standard InChI is InChI=1S/C11H21NO.C9H11F.C8H6ClN/c1-5-11(3,4)10(13)12-7-6-9(2)8-12;1-3-8-6-9(10)5-4-7(8)2;1-6-2-3-7(5-10)8(9)4-6/h9H,5-8H2,1-4H3;4-6H,3H2,1-2H3;2-4H,1H3. The Labute approximate surface area is 204 Å². The number of amides is 1.